The number of fused-ring (bicyclic) bond motifs is 1. The second-order valence-electron chi connectivity index (χ2n) is 6.46. The van der Waals surface area contributed by atoms with Gasteiger partial charge in [0.05, 0.1) is 43.0 Å². The number of para-hydroxylation sites is 1. The van der Waals surface area contributed by atoms with E-state index in [0.717, 1.165) is 35.9 Å². The molecule has 1 aliphatic heterocycles. The molecule has 0 unspecified atom stereocenters. The lowest BCUT2D eigenvalue weighted by molar-refractivity contribution is 0.139. The third kappa shape index (κ3) is 3.74. The molecule has 2 aromatic heterocycles. The van der Waals surface area contributed by atoms with Gasteiger partial charge in [0.1, 0.15) is 5.82 Å². The van der Waals surface area contributed by atoms with Crippen LogP contribution in [0.4, 0.5) is 10.5 Å². The molecule has 0 bridgehead atoms. The maximum atomic E-state index is 12.4. The van der Waals surface area contributed by atoms with Crippen molar-refractivity contribution in [3.05, 3.63) is 53.9 Å². The van der Waals surface area contributed by atoms with Crippen LogP contribution in [-0.2, 0) is 30.7 Å². The molecule has 0 fully saturated rings. The minimum Gasteiger partial charge on any atom is -0.379 e. The summed E-state index contributed by atoms with van der Waals surface area (Å²) in [5, 5.41) is 18.6. The molecule has 0 saturated heterocycles. The van der Waals surface area contributed by atoms with Crippen molar-refractivity contribution in [1.29, 1.82) is 0 Å². The van der Waals surface area contributed by atoms with Crippen LogP contribution in [0.1, 0.15) is 24.3 Å². The van der Waals surface area contributed by atoms with E-state index in [0.29, 0.717) is 32.0 Å². The molecule has 9 heteroatoms. The van der Waals surface area contributed by atoms with Gasteiger partial charge in [-0.3, -0.25) is 0 Å². The number of rotatable bonds is 5. The van der Waals surface area contributed by atoms with E-state index in [9.17, 15) is 4.79 Å². The van der Waals surface area contributed by atoms with Gasteiger partial charge in [0, 0.05) is 13.0 Å². The van der Waals surface area contributed by atoms with Crippen LogP contribution in [0, 0.1) is 0 Å². The van der Waals surface area contributed by atoms with Crippen LogP contribution in [0.2, 0.25) is 0 Å². The fourth-order valence-electron chi connectivity index (χ4n) is 3.30. The molecule has 2 amide bonds. The van der Waals surface area contributed by atoms with Crippen molar-refractivity contribution >= 4 is 11.7 Å². The smallest absolute Gasteiger partial charge is 0.319 e. The number of hydrogen-bond acceptors (Lipinski definition) is 5. The molecule has 3 aromatic rings. The standard InChI is InChI=1S/C19H23N7O2/c1-2-16-15(12-21-26(16)14-6-4-3-5-7-14)22-19(27)20-13-18-24-23-17-8-10-28-11-9-25(17)18/h3-7,12H,2,8-11,13H2,1H3,(H2,20,22,27). The molecule has 0 saturated carbocycles. The highest BCUT2D eigenvalue weighted by molar-refractivity contribution is 5.89. The van der Waals surface area contributed by atoms with Crippen LogP contribution in [0.5, 0.6) is 0 Å². The maximum Gasteiger partial charge on any atom is 0.319 e. The van der Waals surface area contributed by atoms with Gasteiger partial charge >= 0.3 is 6.03 Å². The molecule has 0 spiro atoms. The fraction of sp³-hybridized carbons (Fsp3) is 0.368. The number of benzene rings is 1. The number of urea groups is 1. The van der Waals surface area contributed by atoms with Crippen LogP contribution in [0.15, 0.2) is 36.5 Å². The summed E-state index contributed by atoms with van der Waals surface area (Å²) in [7, 11) is 0. The first-order chi connectivity index (χ1) is 13.8. The molecule has 28 heavy (non-hydrogen) atoms. The molecule has 146 valence electrons. The van der Waals surface area contributed by atoms with Crippen LogP contribution < -0.4 is 10.6 Å². The SMILES string of the molecule is CCc1c(NC(=O)NCc2nnc3n2CCOCC3)cnn1-c1ccccc1. The lowest BCUT2D eigenvalue weighted by Crippen LogP contribution is -2.30. The lowest BCUT2D eigenvalue weighted by atomic mass is 10.2. The van der Waals surface area contributed by atoms with Crippen molar-refractivity contribution in [1.82, 2.24) is 29.9 Å². The quantitative estimate of drug-likeness (QED) is 0.703. The van der Waals surface area contributed by atoms with E-state index in [1.54, 1.807) is 6.20 Å². The summed E-state index contributed by atoms with van der Waals surface area (Å²) in [5.74, 6) is 1.62. The molecule has 1 aromatic carbocycles. The number of ether oxygens (including phenoxy) is 1. The summed E-state index contributed by atoms with van der Waals surface area (Å²) in [6, 6.07) is 9.55. The van der Waals surface area contributed by atoms with Gasteiger partial charge in [0.15, 0.2) is 5.82 Å². The highest BCUT2D eigenvalue weighted by Crippen LogP contribution is 2.20. The Hall–Kier alpha value is -3.20. The first-order valence-corrected chi connectivity index (χ1v) is 9.42. The Kier molecular flexibility index (Phi) is 5.34. The summed E-state index contributed by atoms with van der Waals surface area (Å²) in [6.45, 7) is 4.31. The van der Waals surface area contributed by atoms with Gasteiger partial charge in [0.25, 0.3) is 0 Å². The molecule has 0 aliphatic carbocycles. The molecule has 9 nitrogen and oxygen atoms in total. The predicted octanol–water partition coefficient (Wildman–Crippen LogP) is 1.92. The number of nitrogens with zero attached hydrogens (tertiary/aromatic N) is 5. The van der Waals surface area contributed by atoms with Crippen molar-refractivity contribution in [2.75, 3.05) is 18.5 Å². The summed E-state index contributed by atoms with van der Waals surface area (Å²) in [5.41, 5.74) is 2.59. The van der Waals surface area contributed by atoms with Crippen molar-refractivity contribution in [3.8, 4) is 5.69 Å². The average Bonchev–Trinajstić information content (AvgIpc) is 3.22. The van der Waals surface area contributed by atoms with E-state index in [-0.39, 0.29) is 6.03 Å². The van der Waals surface area contributed by atoms with Gasteiger partial charge in [-0.15, -0.1) is 10.2 Å². The summed E-state index contributed by atoms with van der Waals surface area (Å²) in [4.78, 5) is 12.4. The Morgan fingerprint density at radius 1 is 1.21 bits per heavy atom. The minimum absolute atomic E-state index is 0.299. The molecular weight excluding hydrogens is 358 g/mol. The zero-order valence-corrected chi connectivity index (χ0v) is 15.8. The Balaban J connectivity index is 1.42. The van der Waals surface area contributed by atoms with Gasteiger partial charge < -0.3 is 19.9 Å². The fourth-order valence-corrected chi connectivity index (χ4v) is 3.30. The van der Waals surface area contributed by atoms with Crippen LogP contribution >= 0.6 is 0 Å². The van der Waals surface area contributed by atoms with E-state index in [1.807, 2.05) is 46.5 Å². The Morgan fingerprint density at radius 2 is 2.07 bits per heavy atom. The Bertz CT molecular complexity index is 949. The van der Waals surface area contributed by atoms with E-state index in [2.05, 4.69) is 25.9 Å². The van der Waals surface area contributed by atoms with Crippen molar-refractivity contribution in [2.45, 2.75) is 32.9 Å². The lowest BCUT2D eigenvalue weighted by Gasteiger charge is -2.10. The van der Waals surface area contributed by atoms with Gasteiger partial charge in [-0.2, -0.15) is 5.10 Å². The summed E-state index contributed by atoms with van der Waals surface area (Å²) < 4.78 is 9.32. The van der Waals surface area contributed by atoms with Gasteiger partial charge in [-0.1, -0.05) is 25.1 Å². The number of carbonyl (C=O) groups is 1. The second-order valence-corrected chi connectivity index (χ2v) is 6.46. The molecule has 0 atom stereocenters. The number of carbonyl (C=O) groups excluding carboxylic acids is 1. The summed E-state index contributed by atoms with van der Waals surface area (Å²) in [6.07, 6.45) is 3.14. The van der Waals surface area contributed by atoms with E-state index in [1.165, 1.54) is 0 Å². The number of hydrogen-bond donors (Lipinski definition) is 2. The molecule has 1 aliphatic rings. The topological polar surface area (TPSA) is 98.9 Å². The maximum absolute atomic E-state index is 12.4. The average molecular weight is 381 g/mol. The van der Waals surface area contributed by atoms with Gasteiger partial charge in [-0.05, 0) is 18.6 Å². The summed E-state index contributed by atoms with van der Waals surface area (Å²) >= 11 is 0. The third-order valence-corrected chi connectivity index (χ3v) is 4.69. The molecule has 2 N–H and O–H groups in total. The zero-order chi connectivity index (χ0) is 19.3. The first-order valence-electron chi connectivity index (χ1n) is 9.42. The van der Waals surface area contributed by atoms with Gasteiger partial charge in [0.2, 0.25) is 0 Å². The van der Waals surface area contributed by atoms with Crippen LogP contribution in [-0.4, -0.2) is 43.8 Å². The van der Waals surface area contributed by atoms with E-state index in [4.69, 9.17) is 4.74 Å². The zero-order valence-electron chi connectivity index (χ0n) is 15.8. The van der Waals surface area contributed by atoms with E-state index >= 15 is 0 Å². The van der Waals surface area contributed by atoms with Gasteiger partial charge in [-0.25, -0.2) is 9.48 Å². The number of nitrogens with one attached hydrogen (secondary N) is 2. The minimum atomic E-state index is -0.301. The van der Waals surface area contributed by atoms with Crippen molar-refractivity contribution < 1.29 is 9.53 Å². The highest BCUT2D eigenvalue weighted by Gasteiger charge is 2.16. The monoisotopic (exact) mass is 381 g/mol. The van der Waals surface area contributed by atoms with Crippen LogP contribution in [0.25, 0.3) is 5.69 Å². The van der Waals surface area contributed by atoms with Crippen molar-refractivity contribution in [2.24, 2.45) is 0 Å². The van der Waals surface area contributed by atoms with Crippen LogP contribution in [0.3, 0.4) is 0 Å². The highest BCUT2D eigenvalue weighted by atomic mass is 16.5. The molecule has 0 radical (unpaired) electrons. The number of aromatic nitrogens is 5. The second kappa shape index (κ2) is 8.22. The normalized spacial score (nSPS) is 13.6. The molecule has 3 heterocycles. The molecule has 4 rings (SSSR count). The first kappa shape index (κ1) is 18.2. The van der Waals surface area contributed by atoms with Crippen molar-refractivity contribution in [3.63, 3.8) is 0 Å². The largest absolute Gasteiger partial charge is 0.379 e. The number of anilines is 1. The van der Waals surface area contributed by atoms with E-state index < -0.39 is 0 Å². The number of amides is 2. The third-order valence-electron chi connectivity index (χ3n) is 4.69. The Morgan fingerprint density at radius 3 is 2.89 bits per heavy atom. The Labute approximate surface area is 162 Å². The molecular formula is C19H23N7O2. The predicted molar refractivity (Wildman–Crippen MR) is 103 cm³/mol.